The molecule has 1 saturated heterocycles. The van der Waals surface area contributed by atoms with E-state index in [1.165, 1.54) is 0 Å². The van der Waals surface area contributed by atoms with Gasteiger partial charge in [0.15, 0.2) is 11.5 Å². The first-order valence-electron chi connectivity index (χ1n) is 14.7. The number of carbonyl (C=O) groups excluding carboxylic acids is 2. The van der Waals surface area contributed by atoms with Gasteiger partial charge in [0.25, 0.3) is 5.91 Å². The van der Waals surface area contributed by atoms with E-state index in [0.717, 1.165) is 31.5 Å². The van der Waals surface area contributed by atoms with Gasteiger partial charge in [-0.05, 0) is 56.1 Å². The van der Waals surface area contributed by atoms with Gasteiger partial charge in [0.2, 0.25) is 5.91 Å². The highest BCUT2D eigenvalue weighted by Crippen LogP contribution is 2.42. The third kappa shape index (κ3) is 8.15. The van der Waals surface area contributed by atoms with Gasteiger partial charge in [-0.2, -0.15) is 0 Å². The monoisotopic (exact) mass is 585 g/mol. The molecule has 224 valence electrons. The van der Waals surface area contributed by atoms with Crippen LogP contribution in [0.25, 0.3) is 0 Å². The summed E-state index contributed by atoms with van der Waals surface area (Å²) in [6.07, 6.45) is 2.91. The van der Waals surface area contributed by atoms with Gasteiger partial charge in [0.1, 0.15) is 0 Å². The Morgan fingerprint density at radius 1 is 1.05 bits per heavy atom. The first kappa shape index (κ1) is 31.1. The highest BCUT2D eigenvalue weighted by atomic mass is 35.5. The van der Waals surface area contributed by atoms with Crippen molar-refractivity contribution in [2.24, 2.45) is 17.8 Å². The van der Waals surface area contributed by atoms with Crippen LogP contribution >= 0.6 is 11.6 Å². The fourth-order valence-electron chi connectivity index (χ4n) is 5.60. The van der Waals surface area contributed by atoms with Gasteiger partial charge in [0.05, 0.1) is 30.2 Å². The molecule has 1 saturated carbocycles. The summed E-state index contributed by atoms with van der Waals surface area (Å²) in [5, 5.41) is 7.05. The van der Waals surface area contributed by atoms with Crippen molar-refractivity contribution in [2.75, 3.05) is 53.6 Å². The van der Waals surface area contributed by atoms with Crippen LogP contribution in [0.3, 0.4) is 0 Å². The van der Waals surface area contributed by atoms with Crippen LogP contribution in [-0.4, -0.2) is 76.4 Å². The van der Waals surface area contributed by atoms with Crippen molar-refractivity contribution in [1.29, 1.82) is 0 Å². The summed E-state index contributed by atoms with van der Waals surface area (Å²) in [6.45, 7) is 7.75. The third-order valence-corrected chi connectivity index (χ3v) is 8.41. The van der Waals surface area contributed by atoms with Crippen LogP contribution in [0.5, 0.6) is 11.5 Å². The van der Waals surface area contributed by atoms with Crippen LogP contribution in [0.2, 0.25) is 5.02 Å². The summed E-state index contributed by atoms with van der Waals surface area (Å²) in [7, 11) is 3.20. The van der Waals surface area contributed by atoms with Gasteiger partial charge >= 0.3 is 0 Å². The quantitative estimate of drug-likeness (QED) is 0.293. The highest BCUT2D eigenvalue weighted by Gasteiger charge is 2.38. The topological polar surface area (TPSA) is 89.1 Å². The molecule has 2 aromatic carbocycles. The lowest BCUT2D eigenvalue weighted by Gasteiger charge is -2.32. The molecule has 4 rings (SSSR count). The first-order valence-corrected chi connectivity index (χ1v) is 15.0. The predicted octanol–water partition coefficient (Wildman–Crippen LogP) is 4.76. The maximum atomic E-state index is 13.9. The number of benzene rings is 2. The number of nitrogens with one attached hydrogen (secondary N) is 2. The van der Waals surface area contributed by atoms with Crippen molar-refractivity contribution >= 4 is 23.4 Å². The maximum Gasteiger partial charge on any atom is 0.255 e. The van der Waals surface area contributed by atoms with E-state index in [1.807, 2.05) is 36.9 Å². The Balaban J connectivity index is 1.42. The molecule has 2 aliphatic rings. The minimum atomic E-state index is -0.151. The van der Waals surface area contributed by atoms with Crippen molar-refractivity contribution in [1.82, 2.24) is 15.5 Å². The van der Waals surface area contributed by atoms with Crippen molar-refractivity contribution < 1.29 is 23.8 Å². The molecule has 41 heavy (non-hydrogen) atoms. The molecule has 2 aromatic rings. The van der Waals surface area contributed by atoms with E-state index in [2.05, 4.69) is 22.8 Å². The summed E-state index contributed by atoms with van der Waals surface area (Å²) in [5.41, 5.74) is 1.47. The van der Waals surface area contributed by atoms with Gasteiger partial charge in [-0.1, -0.05) is 41.9 Å². The summed E-state index contributed by atoms with van der Waals surface area (Å²) in [5.74, 6) is 1.65. The van der Waals surface area contributed by atoms with Gasteiger partial charge in [-0.25, -0.2) is 0 Å². The molecule has 8 nitrogen and oxygen atoms in total. The zero-order valence-corrected chi connectivity index (χ0v) is 25.4. The average molecular weight is 586 g/mol. The Kier molecular flexibility index (Phi) is 11.3. The largest absolute Gasteiger partial charge is 0.493 e. The van der Waals surface area contributed by atoms with E-state index in [-0.39, 0.29) is 35.6 Å². The summed E-state index contributed by atoms with van der Waals surface area (Å²) in [4.78, 5) is 29.0. The number of halogens is 1. The Labute approximate surface area is 249 Å². The van der Waals surface area contributed by atoms with E-state index >= 15 is 0 Å². The van der Waals surface area contributed by atoms with Crippen molar-refractivity contribution in [3.63, 3.8) is 0 Å². The molecule has 0 aromatic heterocycles. The van der Waals surface area contributed by atoms with Crippen molar-refractivity contribution in [2.45, 2.75) is 45.1 Å². The third-order valence-electron chi connectivity index (χ3n) is 8.10. The molecule has 2 N–H and O–H groups in total. The molecule has 1 aliphatic heterocycles. The standard InChI is InChI=1S/C32H44ClN3O5/c1-21(2)36(32(38)26-15-29(41-14-8-13-39-3)28(40-4)16-27(26)33)20-25-18-34-17-24(25)19-35-31(37)30(23-11-12-23)22-9-6-5-7-10-22/h5-7,9-10,15-16,21,23-25,30,34H,8,11-14,17-20H2,1-4H3,(H,35,37)/t24-,25-,30?/m0/s1. The summed E-state index contributed by atoms with van der Waals surface area (Å²) >= 11 is 6.59. The fraction of sp³-hybridized carbons (Fsp3) is 0.562. The number of ether oxygens (including phenoxy) is 3. The van der Waals surface area contributed by atoms with E-state index < -0.39 is 0 Å². The Morgan fingerprint density at radius 3 is 2.44 bits per heavy atom. The molecule has 9 heteroatoms. The van der Waals surface area contributed by atoms with Crippen molar-refractivity contribution in [3.8, 4) is 11.5 Å². The Hall–Kier alpha value is -2.81. The second kappa shape index (κ2) is 14.9. The van der Waals surface area contributed by atoms with E-state index in [0.29, 0.717) is 60.7 Å². The van der Waals surface area contributed by atoms with Crippen LogP contribution in [0, 0.1) is 17.8 Å². The van der Waals surface area contributed by atoms with Gasteiger partial charge < -0.3 is 29.7 Å². The van der Waals surface area contributed by atoms with Crippen LogP contribution in [0.15, 0.2) is 42.5 Å². The zero-order valence-electron chi connectivity index (χ0n) is 24.7. The summed E-state index contributed by atoms with van der Waals surface area (Å²) < 4.78 is 16.5. The molecular formula is C32H44ClN3O5. The Morgan fingerprint density at radius 2 is 1.78 bits per heavy atom. The van der Waals surface area contributed by atoms with Crippen LogP contribution < -0.4 is 20.1 Å². The lowest BCUT2D eigenvalue weighted by Crippen LogP contribution is -2.44. The molecule has 2 fully saturated rings. The van der Waals surface area contributed by atoms with E-state index in [1.54, 1.807) is 26.4 Å². The SMILES string of the molecule is COCCCOc1cc(C(=O)N(C[C@@H]2CNC[C@H]2CNC(=O)C(c2ccccc2)C2CC2)C(C)C)c(Cl)cc1OC. The molecule has 1 aliphatic carbocycles. The molecule has 1 heterocycles. The zero-order chi connectivity index (χ0) is 29.4. The maximum absolute atomic E-state index is 13.9. The molecule has 0 spiro atoms. The number of hydrogen-bond donors (Lipinski definition) is 2. The van der Waals surface area contributed by atoms with Crippen LogP contribution in [0.4, 0.5) is 0 Å². The van der Waals surface area contributed by atoms with Crippen LogP contribution in [-0.2, 0) is 9.53 Å². The highest BCUT2D eigenvalue weighted by molar-refractivity contribution is 6.34. The van der Waals surface area contributed by atoms with Gasteiger partial charge in [-0.3, -0.25) is 9.59 Å². The smallest absolute Gasteiger partial charge is 0.255 e. The molecule has 0 bridgehead atoms. The first-order chi connectivity index (χ1) is 19.8. The number of amides is 2. The second-order valence-corrected chi connectivity index (χ2v) is 11.8. The number of carbonyl (C=O) groups is 2. The van der Waals surface area contributed by atoms with Gasteiger partial charge in [-0.15, -0.1) is 0 Å². The average Bonchev–Trinajstić information content (AvgIpc) is 3.70. The predicted molar refractivity (Wildman–Crippen MR) is 161 cm³/mol. The Bertz CT molecular complexity index is 1160. The number of rotatable bonds is 15. The molecule has 3 atom stereocenters. The molecule has 2 amide bonds. The fourth-order valence-corrected chi connectivity index (χ4v) is 5.84. The van der Waals surface area contributed by atoms with E-state index in [9.17, 15) is 9.59 Å². The number of methoxy groups -OCH3 is 2. The minimum Gasteiger partial charge on any atom is -0.493 e. The number of nitrogens with zero attached hydrogens (tertiary/aromatic N) is 1. The van der Waals surface area contributed by atoms with Crippen molar-refractivity contribution in [3.05, 3.63) is 58.6 Å². The normalized spacial score (nSPS) is 19.2. The van der Waals surface area contributed by atoms with Gasteiger partial charge in [0, 0.05) is 58.4 Å². The second-order valence-electron chi connectivity index (χ2n) is 11.4. The molecular weight excluding hydrogens is 542 g/mol. The lowest BCUT2D eigenvalue weighted by atomic mass is 9.91. The molecule has 0 radical (unpaired) electrons. The molecule has 1 unspecified atom stereocenters. The minimum absolute atomic E-state index is 0.0418. The number of hydrogen-bond acceptors (Lipinski definition) is 6. The summed E-state index contributed by atoms with van der Waals surface area (Å²) in [6, 6.07) is 13.4. The lowest BCUT2D eigenvalue weighted by molar-refractivity contribution is -0.123. The van der Waals surface area contributed by atoms with Crippen LogP contribution in [0.1, 0.15) is 54.9 Å². The van der Waals surface area contributed by atoms with E-state index in [4.69, 9.17) is 25.8 Å².